The summed E-state index contributed by atoms with van der Waals surface area (Å²) < 4.78 is 9.48. The number of para-hydroxylation sites is 4. The number of hydrogen-bond donors (Lipinski definition) is 0. The molecule has 0 unspecified atom stereocenters. The van der Waals surface area contributed by atoms with Crippen LogP contribution in [0.25, 0.3) is 105 Å². The van der Waals surface area contributed by atoms with E-state index in [-0.39, 0.29) is 5.41 Å². The Hall–Kier alpha value is -9.18. The van der Waals surface area contributed by atoms with Crippen molar-refractivity contribution in [1.82, 2.24) is 4.57 Å². The van der Waals surface area contributed by atoms with E-state index in [1.807, 2.05) is 0 Å². The van der Waals surface area contributed by atoms with E-state index in [0.717, 1.165) is 66.9 Å². The molecule has 2 aromatic heterocycles. The van der Waals surface area contributed by atoms with E-state index in [4.69, 9.17) is 4.42 Å². The van der Waals surface area contributed by atoms with Gasteiger partial charge in [0.1, 0.15) is 11.2 Å². The molecule has 0 saturated heterocycles. The van der Waals surface area contributed by atoms with Crippen LogP contribution in [-0.2, 0) is 5.41 Å². The first-order valence-electron chi connectivity index (χ1n) is 24.9. The summed E-state index contributed by atoms with van der Waals surface area (Å²) in [5, 5.41) is 4.69. The average Bonchev–Trinajstić information content (AvgIpc) is 4.07. The third-order valence-corrected chi connectivity index (χ3v) is 15.2. The number of rotatable bonds is 8. The SMILES string of the molecule is CC1(C)c2cc(-c3cccc4c3oc3c(-c5ccc6c(c5)c5ccccc5n6-c5ccccc5)cccc34)ccc2-c2ccc(N(c3ccc(-c4ccccc4)cc3)c3ccc(-c4ccccc4)cc3)cc21. The van der Waals surface area contributed by atoms with Crippen LogP contribution in [0, 0.1) is 0 Å². The first-order chi connectivity index (χ1) is 35.5. The van der Waals surface area contributed by atoms with Gasteiger partial charge >= 0.3 is 0 Å². The van der Waals surface area contributed by atoms with E-state index in [1.165, 1.54) is 66.3 Å². The van der Waals surface area contributed by atoms with Gasteiger partial charge < -0.3 is 13.9 Å². The zero-order valence-electron chi connectivity index (χ0n) is 40.1. The molecule has 0 fully saturated rings. The quantitative estimate of drug-likeness (QED) is 0.151. The summed E-state index contributed by atoms with van der Waals surface area (Å²) in [5.41, 5.74) is 22.9. The Bertz CT molecular complexity index is 4120. The minimum absolute atomic E-state index is 0.270. The van der Waals surface area contributed by atoms with Crippen LogP contribution in [0.5, 0.6) is 0 Å². The molecule has 0 N–H and O–H groups in total. The summed E-state index contributed by atoms with van der Waals surface area (Å²) in [4.78, 5) is 2.39. The van der Waals surface area contributed by atoms with Gasteiger partial charge in [0.2, 0.25) is 0 Å². The van der Waals surface area contributed by atoms with Crippen molar-refractivity contribution in [2.75, 3.05) is 4.90 Å². The maximum atomic E-state index is 7.11. The Morgan fingerprint density at radius 1 is 0.319 bits per heavy atom. The zero-order chi connectivity index (χ0) is 47.9. The summed E-state index contributed by atoms with van der Waals surface area (Å²) in [6, 6.07) is 92.6. The van der Waals surface area contributed by atoms with Crippen molar-refractivity contribution in [3.63, 3.8) is 0 Å². The molecule has 0 bridgehead atoms. The standard InChI is InChI=1S/C69H48N2O/c1-69(2)63-43-50(56-24-15-26-61-60-25-14-23-55(67(60)72-68(56)61)49-33-41-66-62(42-49)59-22-12-13-27-65(59)71(66)51-20-10-5-11-21-51)32-39-57(63)58-40-38-54(44-64(58)69)70(52-34-28-47(29-35-52)45-16-6-3-7-17-45)53-36-30-48(31-37-53)46-18-8-4-9-19-46/h3-44H,1-2H3. The second-order valence-electron chi connectivity index (χ2n) is 19.7. The lowest BCUT2D eigenvalue weighted by atomic mass is 9.81. The van der Waals surface area contributed by atoms with E-state index < -0.39 is 0 Å². The highest BCUT2D eigenvalue weighted by Gasteiger charge is 2.36. The molecule has 0 saturated carbocycles. The highest BCUT2D eigenvalue weighted by atomic mass is 16.3. The molecule has 0 atom stereocenters. The van der Waals surface area contributed by atoms with E-state index >= 15 is 0 Å². The van der Waals surface area contributed by atoms with Crippen LogP contribution >= 0.6 is 0 Å². The molecule has 3 nitrogen and oxygen atoms in total. The second-order valence-corrected chi connectivity index (χ2v) is 19.7. The van der Waals surface area contributed by atoms with E-state index in [9.17, 15) is 0 Å². The Balaban J connectivity index is 0.840. The van der Waals surface area contributed by atoms with Crippen LogP contribution in [0.1, 0.15) is 25.0 Å². The number of anilines is 3. The first kappa shape index (κ1) is 41.8. The Morgan fingerprint density at radius 3 is 1.38 bits per heavy atom. The van der Waals surface area contributed by atoms with Gasteiger partial charge in [0.05, 0.1) is 11.0 Å². The second kappa shape index (κ2) is 16.5. The minimum Gasteiger partial charge on any atom is -0.455 e. The molecular weight excluding hydrogens is 873 g/mol. The molecule has 0 aliphatic heterocycles. The molecule has 0 radical (unpaired) electrons. The predicted octanol–water partition coefficient (Wildman–Crippen LogP) is 19.1. The highest BCUT2D eigenvalue weighted by molar-refractivity contribution is 6.15. The molecule has 1 aliphatic rings. The van der Waals surface area contributed by atoms with Crippen molar-refractivity contribution in [3.8, 4) is 61.3 Å². The fourth-order valence-electron chi connectivity index (χ4n) is 11.6. The van der Waals surface area contributed by atoms with Gasteiger partial charge in [-0.05, 0) is 128 Å². The summed E-state index contributed by atoms with van der Waals surface area (Å²) in [6.07, 6.45) is 0. The van der Waals surface area contributed by atoms with Gasteiger partial charge in [0, 0.05) is 60.8 Å². The van der Waals surface area contributed by atoms with Gasteiger partial charge in [-0.25, -0.2) is 0 Å². The maximum absolute atomic E-state index is 7.11. The number of fused-ring (bicyclic) bond motifs is 9. The Kier molecular flexibility index (Phi) is 9.56. The van der Waals surface area contributed by atoms with Gasteiger partial charge in [-0.2, -0.15) is 0 Å². The van der Waals surface area contributed by atoms with Crippen LogP contribution in [0.2, 0.25) is 0 Å². The van der Waals surface area contributed by atoms with Gasteiger partial charge in [-0.1, -0.05) is 196 Å². The van der Waals surface area contributed by atoms with Crippen molar-refractivity contribution in [2.45, 2.75) is 19.3 Å². The summed E-state index contributed by atoms with van der Waals surface area (Å²) in [7, 11) is 0. The Morgan fingerprint density at radius 2 is 0.764 bits per heavy atom. The molecule has 2 heterocycles. The largest absolute Gasteiger partial charge is 0.455 e. The smallest absolute Gasteiger partial charge is 0.143 e. The lowest BCUT2D eigenvalue weighted by molar-refractivity contribution is 0.660. The molecule has 11 aromatic carbocycles. The molecule has 13 aromatic rings. The van der Waals surface area contributed by atoms with Gasteiger partial charge in [-0.3, -0.25) is 0 Å². The van der Waals surface area contributed by atoms with E-state index in [2.05, 4.69) is 278 Å². The molecule has 14 rings (SSSR count). The highest BCUT2D eigenvalue weighted by Crippen LogP contribution is 2.52. The van der Waals surface area contributed by atoms with Gasteiger partial charge in [-0.15, -0.1) is 0 Å². The van der Waals surface area contributed by atoms with Gasteiger partial charge in [0.25, 0.3) is 0 Å². The van der Waals surface area contributed by atoms with Crippen molar-refractivity contribution in [2.24, 2.45) is 0 Å². The fraction of sp³-hybridized carbons (Fsp3) is 0.0435. The molecule has 72 heavy (non-hydrogen) atoms. The molecule has 0 amide bonds. The number of aromatic nitrogens is 1. The monoisotopic (exact) mass is 920 g/mol. The van der Waals surface area contributed by atoms with Crippen LogP contribution in [-0.4, -0.2) is 4.57 Å². The number of furan rings is 1. The summed E-state index contributed by atoms with van der Waals surface area (Å²) in [6.45, 7) is 4.75. The topological polar surface area (TPSA) is 21.3 Å². The Labute approximate surface area is 419 Å². The minimum atomic E-state index is -0.270. The van der Waals surface area contributed by atoms with Crippen LogP contribution in [0.3, 0.4) is 0 Å². The number of hydrogen-bond acceptors (Lipinski definition) is 2. The lowest BCUT2D eigenvalue weighted by Gasteiger charge is -2.28. The summed E-state index contributed by atoms with van der Waals surface area (Å²) >= 11 is 0. The van der Waals surface area contributed by atoms with Crippen LogP contribution in [0.4, 0.5) is 17.1 Å². The predicted molar refractivity (Wildman–Crippen MR) is 302 cm³/mol. The number of nitrogens with zero attached hydrogens (tertiary/aromatic N) is 2. The van der Waals surface area contributed by atoms with Crippen LogP contribution in [0.15, 0.2) is 259 Å². The van der Waals surface area contributed by atoms with Crippen molar-refractivity contribution < 1.29 is 4.42 Å². The first-order valence-corrected chi connectivity index (χ1v) is 24.9. The van der Waals surface area contributed by atoms with Crippen molar-refractivity contribution in [1.29, 1.82) is 0 Å². The zero-order valence-corrected chi connectivity index (χ0v) is 40.1. The number of benzene rings is 11. The van der Waals surface area contributed by atoms with Gasteiger partial charge in [0.15, 0.2) is 0 Å². The normalized spacial score (nSPS) is 12.7. The third kappa shape index (κ3) is 6.66. The summed E-state index contributed by atoms with van der Waals surface area (Å²) in [5.74, 6) is 0. The molecule has 1 aliphatic carbocycles. The molecular formula is C69H48N2O. The van der Waals surface area contributed by atoms with Crippen molar-refractivity contribution >= 4 is 60.8 Å². The van der Waals surface area contributed by atoms with E-state index in [1.54, 1.807) is 0 Å². The van der Waals surface area contributed by atoms with E-state index in [0.29, 0.717) is 0 Å². The molecule has 0 spiro atoms. The molecule has 3 heteroatoms. The third-order valence-electron chi connectivity index (χ3n) is 15.2. The fourth-order valence-corrected chi connectivity index (χ4v) is 11.6. The lowest BCUT2D eigenvalue weighted by Crippen LogP contribution is -2.16. The molecule has 340 valence electrons. The average molecular weight is 921 g/mol. The maximum Gasteiger partial charge on any atom is 0.143 e. The van der Waals surface area contributed by atoms with Crippen LogP contribution < -0.4 is 4.90 Å². The van der Waals surface area contributed by atoms with Crippen molar-refractivity contribution in [3.05, 3.63) is 266 Å².